The molecule has 3 rings (SSSR count). The number of sulfone groups is 1. The van der Waals surface area contributed by atoms with Crippen molar-refractivity contribution in [2.75, 3.05) is 12.8 Å². The van der Waals surface area contributed by atoms with Crippen LogP contribution in [0.1, 0.15) is 48.6 Å². The molecule has 0 saturated heterocycles. The van der Waals surface area contributed by atoms with Crippen LogP contribution >= 0.6 is 0 Å². The number of aromatic nitrogens is 2. The first-order valence-corrected chi connectivity index (χ1v) is 9.23. The van der Waals surface area contributed by atoms with Crippen LogP contribution < -0.4 is 5.32 Å². The standard InChI is InChI=1S/C14H21N3O2S/c1-20(18,19)11-4-2-3-10(7-11)14-12-8-15-6-5-13(12)16-9-17-14/h9-11,15H,2-8H2,1H3. The minimum Gasteiger partial charge on any atom is -0.312 e. The van der Waals surface area contributed by atoms with Crippen molar-refractivity contribution in [3.8, 4) is 0 Å². The molecule has 1 aromatic heterocycles. The maximum absolute atomic E-state index is 11.8. The van der Waals surface area contributed by atoms with Crippen molar-refractivity contribution in [2.45, 2.75) is 49.8 Å². The zero-order valence-corrected chi connectivity index (χ0v) is 12.6. The quantitative estimate of drug-likeness (QED) is 0.887. The SMILES string of the molecule is CS(=O)(=O)C1CCCC(c2ncnc3c2CNCC3)C1. The predicted molar refractivity (Wildman–Crippen MR) is 77.3 cm³/mol. The molecule has 1 saturated carbocycles. The van der Waals surface area contributed by atoms with Gasteiger partial charge in [0.25, 0.3) is 0 Å². The Bertz CT molecular complexity index is 600. The Morgan fingerprint density at radius 3 is 2.95 bits per heavy atom. The Kier molecular flexibility index (Phi) is 3.77. The number of hydrogen-bond donors (Lipinski definition) is 1. The molecule has 0 amide bonds. The van der Waals surface area contributed by atoms with Gasteiger partial charge in [0.15, 0.2) is 0 Å². The average Bonchev–Trinajstić information content (AvgIpc) is 2.46. The topological polar surface area (TPSA) is 72.0 Å². The smallest absolute Gasteiger partial charge is 0.150 e. The van der Waals surface area contributed by atoms with Crippen LogP contribution in [0.25, 0.3) is 0 Å². The van der Waals surface area contributed by atoms with Crippen molar-refractivity contribution >= 4 is 9.84 Å². The van der Waals surface area contributed by atoms with Gasteiger partial charge >= 0.3 is 0 Å². The summed E-state index contributed by atoms with van der Waals surface area (Å²) in [6.07, 6.45) is 7.45. The molecule has 1 aliphatic heterocycles. The molecule has 0 aromatic carbocycles. The lowest BCUT2D eigenvalue weighted by atomic mass is 9.84. The van der Waals surface area contributed by atoms with Gasteiger partial charge in [0, 0.05) is 42.9 Å². The summed E-state index contributed by atoms with van der Waals surface area (Å²) in [6, 6.07) is 0. The molecule has 0 radical (unpaired) electrons. The fraction of sp³-hybridized carbons (Fsp3) is 0.714. The Morgan fingerprint density at radius 2 is 2.15 bits per heavy atom. The minimum atomic E-state index is -2.95. The van der Waals surface area contributed by atoms with Gasteiger partial charge in [-0.2, -0.15) is 0 Å². The fourth-order valence-electron chi connectivity index (χ4n) is 3.43. The number of fused-ring (bicyclic) bond motifs is 1. The number of hydrogen-bond acceptors (Lipinski definition) is 5. The zero-order chi connectivity index (χ0) is 14.2. The van der Waals surface area contributed by atoms with E-state index in [2.05, 4.69) is 15.3 Å². The maximum Gasteiger partial charge on any atom is 0.150 e. The Morgan fingerprint density at radius 1 is 1.30 bits per heavy atom. The summed E-state index contributed by atoms with van der Waals surface area (Å²) in [5.41, 5.74) is 3.42. The van der Waals surface area contributed by atoms with Crippen LogP contribution in [0.15, 0.2) is 6.33 Å². The molecule has 2 aliphatic rings. The van der Waals surface area contributed by atoms with Gasteiger partial charge in [-0.05, 0) is 19.3 Å². The summed E-state index contributed by atoms with van der Waals surface area (Å²) in [5, 5.41) is 3.16. The molecule has 20 heavy (non-hydrogen) atoms. The van der Waals surface area contributed by atoms with Crippen LogP contribution in [0.3, 0.4) is 0 Å². The second-order valence-electron chi connectivity index (χ2n) is 5.93. The highest BCUT2D eigenvalue weighted by Crippen LogP contribution is 2.36. The highest BCUT2D eigenvalue weighted by molar-refractivity contribution is 7.91. The first kappa shape index (κ1) is 13.9. The number of nitrogens with zero attached hydrogens (tertiary/aromatic N) is 2. The van der Waals surface area contributed by atoms with E-state index < -0.39 is 9.84 Å². The molecule has 2 unspecified atom stereocenters. The van der Waals surface area contributed by atoms with Gasteiger partial charge in [0.2, 0.25) is 0 Å². The third-order valence-corrected chi connectivity index (χ3v) is 6.17. The largest absolute Gasteiger partial charge is 0.312 e. The van der Waals surface area contributed by atoms with Gasteiger partial charge in [-0.1, -0.05) is 6.42 Å². The molecular weight excluding hydrogens is 274 g/mol. The lowest BCUT2D eigenvalue weighted by Gasteiger charge is -2.30. The van der Waals surface area contributed by atoms with Crippen molar-refractivity contribution in [3.05, 3.63) is 23.3 Å². The Balaban J connectivity index is 1.89. The fourth-order valence-corrected chi connectivity index (χ4v) is 4.60. The first-order chi connectivity index (χ1) is 9.55. The Hall–Kier alpha value is -1.01. The van der Waals surface area contributed by atoms with E-state index >= 15 is 0 Å². The van der Waals surface area contributed by atoms with E-state index in [9.17, 15) is 8.42 Å². The van der Waals surface area contributed by atoms with E-state index in [1.54, 1.807) is 6.33 Å². The van der Waals surface area contributed by atoms with Gasteiger partial charge in [0.05, 0.1) is 10.9 Å². The summed E-state index contributed by atoms with van der Waals surface area (Å²) in [4.78, 5) is 8.86. The van der Waals surface area contributed by atoms with Crippen LogP contribution in [-0.2, 0) is 22.8 Å². The molecule has 2 heterocycles. The van der Waals surface area contributed by atoms with Gasteiger partial charge < -0.3 is 5.32 Å². The molecule has 1 fully saturated rings. The molecule has 5 nitrogen and oxygen atoms in total. The molecule has 0 spiro atoms. The summed E-state index contributed by atoms with van der Waals surface area (Å²) < 4.78 is 23.6. The molecule has 6 heteroatoms. The van der Waals surface area contributed by atoms with Crippen molar-refractivity contribution < 1.29 is 8.42 Å². The van der Waals surface area contributed by atoms with Gasteiger partial charge in [-0.3, -0.25) is 0 Å². The second kappa shape index (κ2) is 5.41. The molecule has 1 N–H and O–H groups in total. The highest BCUT2D eigenvalue weighted by Gasteiger charge is 2.32. The predicted octanol–water partition coefficient (Wildman–Crippen LogP) is 1.19. The van der Waals surface area contributed by atoms with E-state index in [0.29, 0.717) is 6.42 Å². The zero-order valence-electron chi connectivity index (χ0n) is 11.8. The molecular formula is C14H21N3O2S. The van der Waals surface area contributed by atoms with E-state index in [1.807, 2.05) is 0 Å². The Labute approximate surface area is 120 Å². The summed E-state index contributed by atoms with van der Waals surface area (Å²) >= 11 is 0. The van der Waals surface area contributed by atoms with Crippen molar-refractivity contribution in [1.82, 2.24) is 15.3 Å². The van der Waals surface area contributed by atoms with Crippen molar-refractivity contribution in [1.29, 1.82) is 0 Å². The normalized spacial score (nSPS) is 27.1. The van der Waals surface area contributed by atoms with Crippen LogP contribution in [-0.4, -0.2) is 36.4 Å². The van der Waals surface area contributed by atoms with E-state index in [0.717, 1.165) is 50.2 Å². The van der Waals surface area contributed by atoms with Crippen LogP contribution in [0.2, 0.25) is 0 Å². The monoisotopic (exact) mass is 295 g/mol. The molecule has 2 atom stereocenters. The van der Waals surface area contributed by atoms with E-state index in [-0.39, 0.29) is 11.2 Å². The van der Waals surface area contributed by atoms with Crippen LogP contribution in [0, 0.1) is 0 Å². The third kappa shape index (κ3) is 2.72. The van der Waals surface area contributed by atoms with Gasteiger partial charge in [0.1, 0.15) is 16.2 Å². The van der Waals surface area contributed by atoms with Gasteiger partial charge in [-0.25, -0.2) is 18.4 Å². The molecule has 110 valence electrons. The van der Waals surface area contributed by atoms with Gasteiger partial charge in [-0.15, -0.1) is 0 Å². The molecule has 1 aromatic rings. The summed E-state index contributed by atoms with van der Waals surface area (Å²) in [7, 11) is -2.95. The lowest BCUT2D eigenvalue weighted by Crippen LogP contribution is -2.30. The summed E-state index contributed by atoms with van der Waals surface area (Å²) in [5.74, 6) is 0.264. The van der Waals surface area contributed by atoms with Crippen LogP contribution in [0.4, 0.5) is 0 Å². The van der Waals surface area contributed by atoms with E-state index in [4.69, 9.17) is 0 Å². The van der Waals surface area contributed by atoms with Crippen molar-refractivity contribution in [2.24, 2.45) is 0 Å². The molecule has 1 aliphatic carbocycles. The third-order valence-electron chi connectivity index (χ3n) is 4.53. The summed E-state index contributed by atoms with van der Waals surface area (Å²) in [6.45, 7) is 1.77. The first-order valence-electron chi connectivity index (χ1n) is 7.28. The highest BCUT2D eigenvalue weighted by atomic mass is 32.2. The minimum absolute atomic E-state index is 0.205. The number of nitrogens with one attached hydrogen (secondary N) is 1. The second-order valence-corrected chi connectivity index (χ2v) is 8.25. The lowest BCUT2D eigenvalue weighted by molar-refractivity contribution is 0.424. The number of rotatable bonds is 2. The van der Waals surface area contributed by atoms with Crippen LogP contribution in [0.5, 0.6) is 0 Å². The van der Waals surface area contributed by atoms with E-state index in [1.165, 1.54) is 11.8 Å². The molecule has 0 bridgehead atoms. The average molecular weight is 295 g/mol. The maximum atomic E-state index is 11.8. The van der Waals surface area contributed by atoms with Crippen molar-refractivity contribution in [3.63, 3.8) is 0 Å².